The van der Waals surface area contributed by atoms with Crippen molar-refractivity contribution in [1.29, 1.82) is 0 Å². The number of fused-ring (bicyclic) bond motifs is 3. The number of nitrogens with zero attached hydrogens (tertiary/aromatic N) is 2. The molecule has 3 aromatic carbocycles. The number of nitrogens with one attached hydrogen (secondary N) is 1. The summed E-state index contributed by atoms with van der Waals surface area (Å²) in [6.07, 6.45) is 2.74. The van der Waals surface area contributed by atoms with E-state index < -0.39 is 0 Å². The van der Waals surface area contributed by atoms with Crippen LogP contribution in [0, 0.1) is 0 Å². The van der Waals surface area contributed by atoms with E-state index in [4.69, 9.17) is 16.3 Å². The molecular weight excluding hydrogens is 450 g/mol. The average Bonchev–Trinajstić information content (AvgIpc) is 3.28. The fourth-order valence-corrected chi connectivity index (χ4v) is 4.46. The lowest BCUT2D eigenvalue weighted by molar-refractivity contribution is 0.0986. The van der Waals surface area contributed by atoms with E-state index in [1.807, 2.05) is 36.5 Å². The molecule has 6 nitrogen and oxygen atoms in total. The first-order valence-electron chi connectivity index (χ1n) is 10.9. The van der Waals surface area contributed by atoms with Gasteiger partial charge in [-0.3, -0.25) is 9.59 Å². The molecule has 0 atom stereocenters. The third-order valence-electron chi connectivity index (χ3n) is 5.92. The minimum absolute atomic E-state index is 0.150. The number of amides is 2. The van der Waals surface area contributed by atoms with Crippen molar-refractivity contribution in [2.45, 2.75) is 6.42 Å². The molecule has 1 N–H and O–H groups in total. The lowest BCUT2D eigenvalue weighted by Gasteiger charge is -2.23. The largest absolute Gasteiger partial charge is 0.496 e. The molecule has 34 heavy (non-hydrogen) atoms. The molecule has 7 heteroatoms. The van der Waals surface area contributed by atoms with Crippen molar-refractivity contribution in [1.82, 2.24) is 4.57 Å². The molecule has 0 unspecified atom stereocenters. The fourth-order valence-electron chi connectivity index (χ4n) is 4.24. The van der Waals surface area contributed by atoms with E-state index in [1.165, 1.54) is 7.11 Å². The molecule has 0 fully saturated rings. The van der Waals surface area contributed by atoms with Gasteiger partial charge in [0.15, 0.2) is 0 Å². The molecule has 0 aliphatic carbocycles. The van der Waals surface area contributed by atoms with E-state index in [0.29, 0.717) is 29.1 Å². The maximum absolute atomic E-state index is 13.5. The SMILES string of the molecule is COc1ccccc1C(=O)Nc1ccc(C(=O)N2CCc3cccn3-c3ccccc32)cc1Cl. The first-order valence-corrected chi connectivity index (χ1v) is 11.3. The Bertz CT molecular complexity index is 1400. The van der Waals surface area contributed by atoms with Crippen molar-refractivity contribution >= 4 is 34.8 Å². The van der Waals surface area contributed by atoms with Crippen LogP contribution >= 0.6 is 11.6 Å². The van der Waals surface area contributed by atoms with Crippen molar-refractivity contribution in [3.63, 3.8) is 0 Å². The van der Waals surface area contributed by atoms with Gasteiger partial charge >= 0.3 is 0 Å². The Hall–Kier alpha value is -4.03. The second kappa shape index (κ2) is 9.08. The molecular formula is C27H22ClN3O3. The third-order valence-corrected chi connectivity index (χ3v) is 6.23. The number of methoxy groups -OCH3 is 1. The molecule has 4 aromatic rings. The molecule has 170 valence electrons. The van der Waals surface area contributed by atoms with Gasteiger partial charge in [0.2, 0.25) is 0 Å². The number of carbonyl (C=O) groups excluding carboxylic acids is 2. The minimum Gasteiger partial charge on any atom is -0.496 e. The van der Waals surface area contributed by atoms with E-state index in [2.05, 4.69) is 16.0 Å². The predicted octanol–water partition coefficient (Wildman–Crippen LogP) is 5.59. The van der Waals surface area contributed by atoms with Crippen LogP contribution in [0.2, 0.25) is 5.02 Å². The van der Waals surface area contributed by atoms with Crippen molar-refractivity contribution in [2.75, 3.05) is 23.9 Å². The first-order chi connectivity index (χ1) is 16.6. The summed E-state index contributed by atoms with van der Waals surface area (Å²) in [5, 5.41) is 3.08. The number of para-hydroxylation sites is 3. The molecule has 0 spiro atoms. The number of anilines is 2. The number of ether oxygens (including phenoxy) is 1. The zero-order chi connectivity index (χ0) is 23.7. The third kappa shape index (κ3) is 3.93. The van der Waals surface area contributed by atoms with Crippen LogP contribution in [-0.4, -0.2) is 30.0 Å². The highest BCUT2D eigenvalue weighted by molar-refractivity contribution is 6.34. The van der Waals surface area contributed by atoms with E-state index >= 15 is 0 Å². The van der Waals surface area contributed by atoms with Crippen LogP contribution in [0.1, 0.15) is 26.4 Å². The highest BCUT2D eigenvalue weighted by Gasteiger charge is 2.25. The van der Waals surface area contributed by atoms with Gasteiger partial charge in [0.25, 0.3) is 11.8 Å². The summed E-state index contributed by atoms with van der Waals surface area (Å²) in [5.74, 6) is -0.0299. The molecule has 0 saturated heterocycles. The van der Waals surface area contributed by atoms with Gasteiger partial charge in [-0.05, 0) is 54.6 Å². The Balaban J connectivity index is 1.41. The number of rotatable bonds is 4. The fraction of sp³-hybridized carbons (Fsp3) is 0.111. The molecule has 1 aliphatic heterocycles. The van der Waals surface area contributed by atoms with Crippen molar-refractivity contribution in [3.05, 3.63) is 107 Å². The number of hydrogen-bond donors (Lipinski definition) is 1. The van der Waals surface area contributed by atoms with Gasteiger partial charge in [-0.2, -0.15) is 0 Å². The first kappa shape index (κ1) is 21.8. The van der Waals surface area contributed by atoms with Crippen molar-refractivity contribution < 1.29 is 14.3 Å². The Labute approximate surface area is 202 Å². The maximum Gasteiger partial charge on any atom is 0.259 e. The van der Waals surface area contributed by atoms with Gasteiger partial charge in [0.05, 0.1) is 34.8 Å². The highest BCUT2D eigenvalue weighted by atomic mass is 35.5. The predicted molar refractivity (Wildman–Crippen MR) is 134 cm³/mol. The Morgan fingerprint density at radius 1 is 0.941 bits per heavy atom. The molecule has 1 aromatic heterocycles. The number of carbonyl (C=O) groups is 2. The second-order valence-corrected chi connectivity index (χ2v) is 8.32. The summed E-state index contributed by atoms with van der Waals surface area (Å²) >= 11 is 6.48. The second-order valence-electron chi connectivity index (χ2n) is 7.91. The van der Waals surface area contributed by atoms with Gasteiger partial charge in [-0.1, -0.05) is 35.9 Å². The zero-order valence-corrected chi connectivity index (χ0v) is 19.3. The quantitative estimate of drug-likeness (QED) is 0.421. The zero-order valence-electron chi connectivity index (χ0n) is 18.5. The summed E-state index contributed by atoms with van der Waals surface area (Å²) in [4.78, 5) is 28.1. The number of aromatic nitrogens is 1. The number of hydrogen-bond acceptors (Lipinski definition) is 3. The molecule has 2 heterocycles. The van der Waals surface area contributed by atoms with Crippen LogP contribution in [0.4, 0.5) is 11.4 Å². The topological polar surface area (TPSA) is 63.6 Å². The monoisotopic (exact) mass is 471 g/mol. The van der Waals surface area contributed by atoms with Gasteiger partial charge in [0, 0.05) is 30.4 Å². The molecule has 0 saturated carbocycles. The van der Waals surface area contributed by atoms with E-state index in [0.717, 1.165) is 23.5 Å². The minimum atomic E-state index is -0.346. The standard InChI is InChI=1S/C27H22ClN3O3/c1-34-25-11-5-2-8-20(25)26(32)29-22-13-12-18(17-21(22)28)27(33)31-16-14-19-7-6-15-30(19)23-9-3-4-10-24(23)31/h2-13,15,17H,14,16H2,1H3,(H,29,32). The van der Waals surface area contributed by atoms with E-state index in [9.17, 15) is 9.59 Å². The summed E-state index contributed by atoms with van der Waals surface area (Å²) in [7, 11) is 1.51. The van der Waals surface area contributed by atoms with Crippen LogP contribution in [0.25, 0.3) is 5.69 Å². The summed E-state index contributed by atoms with van der Waals surface area (Å²) in [6, 6.07) is 23.8. The Morgan fingerprint density at radius 2 is 1.71 bits per heavy atom. The van der Waals surface area contributed by atoms with Crippen LogP contribution in [0.5, 0.6) is 5.75 Å². The lowest BCUT2D eigenvalue weighted by Crippen LogP contribution is -2.32. The Morgan fingerprint density at radius 3 is 2.50 bits per heavy atom. The van der Waals surface area contributed by atoms with Crippen LogP contribution in [0.3, 0.4) is 0 Å². The molecule has 5 rings (SSSR count). The normalized spacial score (nSPS) is 12.4. The van der Waals surface area contributed by atoms with Gasteiger partial charge in [0.1, 0.15) is 5.75 Å². The lowest BCUT2D eigenvalue weighted by atomic mass is 10.1. The van der Waals surface area contributed by atoms with Crippen molar-refractivity contribution in [3.8, 4) is 11.4 Å². The average molecular weight is 472 g/mol. The molecule has 1 aliphatic rings. The van der Waals surface area contributed by atoms with Crippen molar-refractivity contribution in [2.24, 2.45) is 0 Å². The van der Waals surface area contributed by atoms with Gasteiger partial charge in [-0.15, -0.1) is 0 Å². The summed E-state index contributed by atoms with van der Waals surface area (Å²) < 4.78 is 7.38. The van der Waals surface area contributed by atoms with E-state index in [1.54, 1.807) is 47.4 Å². The Kier molecular flexibility index (Phi) is 5.82. The molecule has 0 bridgehead atoms. The molecule has 0 radical (unpaired) electrons. The number of halogens is 1. The highest BCUT2D eigenvalue weighted by Crippen LogP contribution is 2.32. The summed E-state index contributed by atoms with van der Waals surface area (Å²) in [5.41, 5.74) is 4.21. The van der Waals surface area contributed by atoms with E-state index in [-0.39, 0.29) is 16.8 Å². The summed E-state index contributed by atoms with van der Waals surface area (Å²) in [6.45, 7) is 0.545. The van der Waals surface area contributed by atoms with Gasteiger partial charge in [-0.25, -0.2) is 0 Å². The number of benzene rings is 3. The molecule has 2 amide bonds. The van der Waals surface area contributed by atoms with Crippen LogP contribution in [0.15, 0.2) is 85.1 Å². The van der Waals surface area contributed by atoms with Crippen LogP contribution in [-0.2, 0) is 6.42 Å². The van der Waals surface area contributed by atoms with Gasteiger partial charge < -0.3 is 19.5 Å². The smallest absolute Gasteiger partial charge is 0.259 e. The van der Waals surface area contributed by atoms with Crippen LogP contribution < -0.4 is 15.0 Å². The maximum atomic E-state index is 13.5.